The van der Waals surface area contributed by atoms with E-state index < -0.39 is 0 Å². The van der Waals surface area contributed by atoms with Gasteiger partial charge < -0.3 is 4.98 Å². The van der Waals surface area contributed by atoms with Crippen LogP contribution in [0.5, 0.6) is 0 Å². The van der Waals surface area contributed by atoms with Crippen molar-refractivity contribution in [1.82, 2.24) is 29.6 Å². The Labute approximate surface area is 123 Å². The third-order valence-electron chi connectivity index (χ3n) is 3.51. The molecule has 0 unspecified atom stereocenters. The van der Waals surface area contributed by atoms with Crippen LogP contribution in [0.15, 0.2) is 24.5 Å². The van der Waals surface area contributed by atoms with Crippen LogP contribution in [0, 0.1) is 6.92 Å². The topological polar surface area (TPSA) is 62.6 Å². The summed E-state index contributed by atoms with van der Waals surface area (Å²) in [5.74, 6) is 1.95. The molecule has 0 aliphatic rings. The zero-order valence-corrected chi connectivity index (χ0v) is 12.7. The van der Waals surface area contributed by atoms with Crippen molar-refractivity contribution >= 4 is 11.0 Å². The van der Waals surface area contributed by atoms with Crippen molar-refractivity contribution in [3.05, 3.63) is 41.7 Å². The van der Waals surface area contributed by atoms with Crippen LogP contribution in [0.25, 0.3) is 11.0 Å². The van der Waals surface area contributed by atoms with E-state index in [-0.39, 0.29) is 0 Å². The van der Waals surface area contributed by atoms with Crippen molar-refractivity contribution < 1.29 is 0 Å². The van der Waals surface area contributed by atoms with Gasteiger partial charge >= 0.3 is 0 Å². The lowest BCUT2D eigenvalue weighted by Crippen LogP contribution is -2.21. The van der Waals surface area contributed by atoms with Gasteiger partial charge in [-0.3, -0.25) is 4.90 Å². The number of nitrogens with one attached hydrogen (secondary N) is 1. The zero-order valence-electron chi connectivity index (χ0n) is 12.7. The Kier molecular flexibility index (Phi) is 3.70. The molecule has 6 nitrogen and oxygen atoms in total. The highest BCUT2D eigenvalue weighted by molar-refractivity contribution is 5.75. The van der Waals surface area contributed by atoms with Gasteiger partial charge in [-0.25, -0.2) is 14.6 Å². The molecule has 0 aliphatic carbocycles. The van der Waals surface area contributed by atoms with Crippen molar-refractivity contribution in [1.29, 1.82) is 0 Å². The van der Waals surface area contributed by atoms with Crippen molar-refractivity contribution in [3.8, 4) is 0 Å². The van der Waals surface area contributed by atoms with Gasteiger partial charge in [0.2, 0.25) is 0 Å². The minimum absolute atomic E-state index is 0.754. The Hall–Kier alpha value is -2.21. The van der Waals surface area contributed by atoms with Crippen molar-refractivity contribution in [3.63, 3.8) is 0 Å². The number of aryl methyl sites for hydroxylation is 2. The lowest BCUT2D eigenvalue weighted by molar-refractivity contribution is 0.297. The van der Waals surface area contributed by atoms with E-state index in [0.717, 1.165) is 42.3 Å². The van der Waals surface area contributed by atoms with E-state index in [1.54, 1.807) is 6.33 Å². The molecule has 0 atom stereocenters. The largest absolute Gasteiger partial charge is 0.341 e. The average molecular weight is 284 g/mol. The lowest BCUT2D eigenvalue weighted by atomic mass is 10.2. The molecule has 0 saturated heterocycles. The summed E-state index contributed by atoms with van der Waals surface area (Å²) in [6.07, 6.45) is 1.61. The summed E-state index contributed by atoms with van der Waals surface area (Å²) in [5.41, 5.74) is 3.35. The molecule has 6 heteroatoms. The molecule has 3 rings (SSSR count). The monoisotopic (exact) mass is 284 g/mol. The molecule has 2 heterocycles. The number of nitrogens with zero attached hydrogens (tertiary/aromatic N) is 5. The van der Waals surface area contributed by atoms with Crippen LogP contribution >= 0.6 is 0 Å². The fourth-order valence-electron chi connectivity index (χ4n) is 2.48. The number of imidazole rings is 1. The van der Waals surface area contributed by atoms with Gasteiger partial charge in [-0.15, -0.1) is 0 Å². The number of benzene rings is 1. The Morgan fingerprint density at radius 2 is 2.14 bits per heavy atom. The zero-order chi connectivity index (χ0) is 14.8. The number of hydrogen-bond donors (Lipinski definition) is 1. The summed E-state index contributed by atoms with van der Waals surface area (Å²) in [5, 5.41) is 4.19. The first kappa shape index (κ1) is 13.8. The van der Waals surface area contributed by atoms with E-state index >= 15 is 0 Å². The molecule has 0 aliphatic heterocycles. The molecule has 0 amide bonds. The van der Waals surface area contributed by atoms with Gasteiger partial charge in [-0.05, 0) is 38.6 Å². The molecule has 2 aromatic heterocycles. The second kappa shape index (κ2) is 5.65. The quantitative estimate of drug-likeness (QED) is 0.779. The van der Waals surface area contributed by atoms with E-state index in [1.807, 2.05) is 4.68 Å². The van der Waals surface area contributed by atoms with Crippen LogP contribution in [0.3, 0.4) is 0 Å². The molecule has 110 valence electrons. The summed E-state index contributed by atoms with van der Waals surface area (Å²) < 4.78 is 1.92. The van der Waals surface area contributed by atoms with Crippen molar-refractivity contribution in [2.45, 2.75) is 33.5 Å². The highest BCUT2D eigenvalue weighted by atomic mass is 15.3. The number of rotatable bonds is 5. The summed E-state index contributed by atoms with van der Waals surface area (Å²) in [7, 11) is 2.06. The number of hydrogen-bond acceptors (Lipinski definition) is 4. The van der Waals surface area contributed by atoms with E-state index in [4.69, 9.17) is 0 Å². The first-order valence-corrected chi connectivity index (χ1v) is 7.16. The molecule has 0 saturated carbocycles. The molecule has 0 radical (unpaired) electrons. The first-order valence-electron chi connectivity index (χ1n) is 7.16. The van der Waals surface area contributed by atoms with E-state index in [0.29, 0.717) is 0 Å². The van der Waals surface area contributed by atoms with Crippen LogP contribution < -0.4 is 0 Å². The molecule has 0 fully saturated rings. The summed E-state index contributed by atoms with van der Waals surface area (Å²) in [4.78, 5) is 14.5. The van der Waals surface area contributed by atoms with Gasteiger partial charge in [0.15, 0.2) is 0 Å². The third-order valence-corrected chi connectivity index (χ3v) is 3.51. The van der Waals surface area contributed by atoms with Gasteiger partial charge in [-0.2, -0.15) is 5.10 Å². The van der Waals surface area contributed by atoms with E-state index in [2.05, 4.69) is 64.0 Å². The van der Waals surface area contributed by atoms with E-state index in [9.17, 15) is 0 Å². The standard InChI is InChI=1S/C15H20N6/c1-4-21-15(16-10-17-21)9-20(3)8-14-18-12-6-5-11(2)7-13(12)19-14/h5-7,10H,4,8-9H2,1-3H3,(H,18,19). The minimum Gasteiger partial charge on any atom is -0.341 e. The Morgan fingerprint density at radius 3 is 2.95 bits per heavy atom. The maximum Gasteiger partial charge on any atom is 0.140 e. The second-order valence-electron chi connectivity index (χ2n) is 5.37. The van der Waals surface area contributed by atoms with Gasteiger partial charge in [0.1, 0.15) is 18.0 Å². The number of fused-ring (bicyclic) bond motifs is 1. The van der Waals surface area contributed by atoms with Crippen LogP contribution in [0.1, 0.15) is 24.1 Å². The summed E-state index contributed by atoms with van der Waals surface area (Å²) in [6, 6.07) is 6.26. The van der Waals surface area contributed by atoms with Gasteiger partial charge in [-0.1, -0.05) is 6.07 Å². The molecule has 1 N–H and O–H groups in total. The van der Waals surface area contributed by atoms with Crippen LogP contribution in [-0.4, -0.2) is 36.7 Å². The molecule has 0 spiro atoms. The molecule has 1 aromatic carbocycles. The molecule has 0 bridgehead atoms. The third kappa shape index (κ3) is 2.95. The van der Waals surface area contributed by atoms with Crippen LogP contribution in [0.4, 0.5) is 0 Å². The number of aromatic nitrogens is 5. The SMILES string of the molecule is CCn1ncnc1CN(C)Cc1nc2ccc(C)cc2[nH]1. The van der Waals surface area contributed by atoms with Gasteiger partial charge in [0.05, 0.1) is 24.1 Å². The number of H-pyrrole nitrogens is 1. The normalized spacial score (nSPS) is 11.6. The summed E-state index contributed by atoms with van der Waals surface area (Å²) >= 11 is 0. The molecular weight excluding hydrogens is 264 g/mol. The highest BCUT2D eigenvalue weighted by Gasteiger charge is 2.10. The predicted molar refractivity (Wildman–Crippen MR) is 81.7 cm³/mol. The minimum atomic E-state index is 0.754. The maximum absolute atomic E-state index is 4.63. The van der Waals surface area contributed by atoms with Crippen LogP contribution in [-0.2, 0) is 19.6 Å². The van der Waals surface area contributed by atoms with E-state index in [1.165, 1.54) is 5.56 Å². The number of aromatic amines is 1. The van der Waals surface area contributed by atoms with Crippen molar-refractivity contribution in [2.24, 2.45) is 0 Å². The second-order valence-corrected chi connectivity index (χ2v) is 5.37. The smallest absolute Gasteiger partial charge is 0.140 e. The highest BCUT2D eigenvalue weighted by Crippen LogP contribution is 2.14. The first-order chi connectivity index (χ1) is 10.2. The lowest BCUT2D eigenvalue weighted by Gasteiger charge is -2.14. The molecular formula is C15H20N6. The maximum atomic E-state index is 4.63. The Balaban J connectivity index is 1.72. The fraction of sp³-hybridized carbons (Fsp3) is 0.400. The Morgan fingerprint density at radius 1 is 1.29 bits per heavy atom. The Bertz CT molecular complexity index is 742. The van der Waals surface area contributed by atoms with Crippen LogP contribution in [0.2, 0.25) is 0 Å². The summed E-state index contributed by atoms with van der Waals surface area (Å²) in [6.45, 7) is 6.50. The predicted octanol–water partition coefficient (Wildman–Crippen LogP) is 2.11. The van der Waals surface area contributed by atoms with Gasteiger partial charge in [0, 0.05) is 6.54 Å². The fourth-order valence-corrected chi connectivity index (χ4v) is 2.48. The van der Waals surface area contributed by atoms with Gasteiger partial charge in [0.25, 0.3) is 0 Å². The average Bonchev–Trinajstić information content (AvgIpc) is 3.03. The van der Waals surface area contributed by atoms with Crippen molar-refractivity contribution in [2.75, 3.05) is 7.05 Å². The molecule has 3 aromatic rings. The molecule has 21 heavy (non-hydrogen) atoms.